The van der Waals surface area contributed by atoms with Crippen molar-refractivity contribution in [1.82, 2.24) is 14.8 Å². The van der Waals surface area contributed by atoms with Gasteiger partial charge in [-0.15, -0.1) is 6.42 Å². The van der Waals surface area contributed by atoms with Gasteiger partial charge in [-0.1, -0.05) is 12.5 Å². The third-order valence-electron chi connectivity index (χ3n) is 8.52. The van der Waals surface area contributed by atoms with Crippen molar-refractivity contribution in [3.05, 3.63) is 59.3 Å². The minimum Gasteiger partial charge on any atom is -0.487 e. The molecule has 6 rings (SSSR count). The van der Waals surface area contributed by atoms with E-state index in [9.17, 15) is 4.79 Å². The first-order valence-electron chi connectivity index (χ1n) is 13.4. The van der Waals surface area contributed by atoms with Crippen molar-refractivity contribution in [3.8, 4) is 18.1 Å². The molecule has 192 valence electrons. The summed E-state index contributed by atoms with van der Waals surface area (Å²) in [4.78, 5) is 20.9. The van der Waals surface area contributed by atoms with Gasteiger partial charge in [0.05, 0.1) is 5.69 Å². The minimum atomic E-state index is 0.0282. The molecule has 0 unspecified atom stereocenters. The Bertz CT molecular complexity index is 1230. The summed E-state index contributed by atoms with van der Waals surface area (Å²) in [5.41, 5.74) is 5.49. The van der Waals surface area contributed by atoms with Crippen LogP contribution in [-0.4, -0.2) is 66.1 Å². The van der Waals surface area contributed by atoms with Gasteiger partial charge < -0.3 is 19.7 Å². The first-order chi connectivity index (χ1) is 18.1. The van der Waals surface area contributed by atoms with E-state index in [0.717, 1.165) is 93.5 Å². The van der Waals surface area contributed by atoms with E-state index in [1.54, 1.807) is 0 Å². The summed E-state index contributed by atoms with van der Waals surface area (Å²) in [5.74, 6) is 5.47. The first kappa shape index (κ1) is 24.0. The van der Waals surface area contributed by atoms with Crippen molar-refractivity contribution in [3.63, 3.8) is 0 Å². The van der Waals surface area contributed by atoms with E-state index in [1.165, 1.54) is 17.2 Å². The molecule has 1 aromatic heterocycles. The Hall–Kier alpha value is -3.34. The van der Waals surface area contributed by atoms with Crippen LogP contribution in [0, 0.1) is 12.3 Å². The van der Waals surface area contributed by atoms with Gasteiger partial charge in [-0.25, -0.2) is 4.98 Å². The largest absolute Gasteiger partial charge is 0.487 e. The number of nitrogens with zero attached hydrogens (tertiary/aromatic N) is 3. The number of fused-ring (bicyclic) bond motifs is 2. The van der Waals surface area contributed by atoms with Crippen LogP contribution in [0.5, 0.6) is 5.75 Å². The summed E-state index contributed by atoms with van der Waals surface area (Å²) in [6.45, 7) is 9.29. The molecule has 0 spiro atoms. The highest BCUT2D eigenvalue weighted by Gasteiger charge is 2.36. The van der Waals surface area contributed by atoms with Crippen molar-refractivity contribution >= 4 is 17.4 Å². The van der Waals surface area contributed by atoms with E-state index in [4.69, 9.17) is 15.9 Å². The number of rotatable bonds is 4. The molecule has 5 heterocycles. The molecule has 0 atom stereocenters. The summed E-state index contributed by atoms with van der Waals surface area (Å²) >= 11 is 0. The fraction of sp³-hybridized carbons (Fsp3) is 0.467. The fourth-order valence-electron chi connectivity index (χ4n) is 6.28. The van der Waals surface area contributed by atoms with Crippen LogP contribution in [0.15, 0.2) is 37.1 Å². The maximum atomic E-state index is 11.8. The molecule has 4 aliphatic heterocycles. The van der Waals surface area contributed by atoms with Crippen LogP contribution in [-0.2, 0) is 16.1 Å². The Morgan fingerprint density at radius 2 is 1.89 bits per heavy atom. The molecule has 0 saturated carbocycles. The number of nitrogens with one attached hydrogen (secondary N) is 1. The molecule has 3 saturated heterocycles. The highest BCUT2D eigenvalue weighted by Crippen LogP contribution is 2.42. The normalized spacial score (nSPS) is 20.9. The molecule has 0 radical (unpaired) electrons. The molecule has 37 heavy (non-hydrogen) atoms. The van der Waals surface area contributed by atoms with Crippen molar-refractivity contribution in [2.75, 3.05) is 44.7 Å². The van der Waals surface area contributed by atoms with Gasteiger partial charge in [0.1, 0.15) is 18.2 Å². The molecular formula is C30H34N4O3. The molecule has 0 bridgehead atoms. The number of likely N-dealkylation sites (tertiary alicyclic amines) is 2. The van der Waals surface area contributed by atoms with Crippen LogP contribution in [0.25, 0.3) is 0 Å². The number of carbonyl (C=O) groups is 1. The lowest BCUT2D eigenvalue weighted by atomic mass is 9.85. The van der Waals surface area contributed by atoms with Crippen molar-refractivity contribution in [2.45, 2.75) is 50.2 Å². The molecular weight excluding hydrogens is 464 g/mol. The second kappa shape index (κ2) is 10.2. The average Bonchev–Trinajstić information content (AvgIpc) is 3.11. The molecule has 1 N–H and O–H groups in total. The molecule has 2 aromatic rings. The van der Waals surface area contributed by atoms with Gasteiger partial charge in [0.2, 0.25) is 5.91 Å². The number of hydrogen-bond donors (Lipinski definition) is 1. The van der Waals surface area contributed by atoms with E-state index in [0.29, 0.717) is 24.5 Å². The molecule has 7 heteroatoms. The van der Waals surface area contributed by atoms with E-state index >= 15 is 0 Å². The van der Waals surface area contributed by atoms with Crippen LogP contribution in [0.4, 0.5) is 11.5 Å². The van der Waals surface area contributed by atoms with Crippen LogP contribution < -0.4 is 10.1 Å². The van der Waals surface area contributed by atoms with Crippen molar-refractivity contribution in [1.29, 1.82) is 0 Å². The van der Waals surface area contributed by atoms with Crippen LogP contribution >= 0.6 is 0 Å². The third-order valence-corrected chi connectivity index (χ3v) is 8.52. The van der Waals surface area contributed by atoms with E-state index in [2.05, 4.69) is 39.8 Å². The first-order valence-corrected chi connectivity index (χ1v) is 13.4. The number of ether oxygens (including phenoxy) is 2. The Balaban J connectivity index is 1.19. The zero-order chi connectivity index (χ0) is 25.4. The van der Waals surface area contributed by atoms with Crippen LogP contribution in [0.1, 0.15) is 59.8 Å². The monoisotopic (exact) mass is 498 g/mol. The number of amides is 1. The Morgan fingerprint density at radius 3 is 2.62 bits per heavy atom. The molecule has 1 amide bonds. The summed E-state index contributed by atoms with van der Waals surface area (Å²) in [7, 11) is 0. The van der Waals surface area contributed by atoms with Crippen molar-refractivity contribution < 1.29 is 14.3 Å². The van der Waals surface area contributed by atoms with E-state index in [-0.39, 0.29) is 5.91 Å². The predicted molar refractivity (Wildman–Crippen MR) is 143 cm³/mol. The van der Waals surface area contributed by atoms with Crippen LogP contribution in [0.3, 0.4) is 0 Å². The van der Waals surface area contributed by atoms with Gasteiger partial charge in [-0.05, 0) is 86.0 Å². The standard InChI is InChI=1S/C30H34N4O3/c1-3-20-15-28-27(32-30-26(19-37-28)24(5-10-31-30)22-8-13-36-14-9-22)16-25(20)21-6-11-33(12-7-21)23-17-34(18-23)29(35)4-2/h1,4-5,10,15-16,21-23H,2,6-9,11-14,17-19H2,(H,31,32). The van der Waals surface area contributed by atoms with Crippen molar-refractivity contribution in [2.24, 2.45) is 0 Å². The number of terminal acetylenes is 1. The second-order valence-corrected chi connectivity index (χ2v) is 10.5. The number of pyridine rings is 1. The smallest absolute Gasteiger partial charge is 0.246 e. The number of piperidine rings is 1. The minimum absolute atomic E-state index is 0.0282. The summed E-state index contributed by atoms with van der Waals surface area (Å²) in [6, 6.07) is 6.80. The number of aromatic nitrogens is 1. The highest BCUT2D eigenvalue weighted by atomic mass is 16.5. The summed E-state index contributed by atoms with van der Waals surface area (Å²) < 4.78 is 11.9. The van der Waals surface area contributed by atoms with Gasteiger partial charge in [0.15, 0.2) is 0 Å². The van der Waals surface area contributed by atoms with Gasteiger partial charge in [0.25, 0.3) is 0 Å². The fourth-order valence-corrected chi connectivity index (χ4v) is 6.28. The Morgan fingerprint density at radius 1 is 1.14 bits per heavy atom. The lowest BCUT2D eigenvalue weighted by molar-refractivity contribution is -0.133. The van der Waals surface area contributed by atoms with Crippen LogP contribution in [0.2, 0.25) is 0 Å². The molecule has 7 nitrogen and oxygen atoms in total. The third kappa shape index (κ3) is 4.60. The van der Waals surface area contributed by atoms with E-state index < -0.39 is 0 Å². The highest BCUT2D eigenvalue weighted by molar-refractivity contribution is 5.87. The average molecular weight is 499 g/mol. The molecule has 3 fully saturated rings. The number of benzene rings is 1. The quantitative estimate of drug-likeness (QED) is 0.504. The number of carbonyl (C=O) groups excluding carboxylic acids is 1. The number of anilines is 2. The summed E-state index contributed by atoms with van der Waals surface area (Å²) in [5, 5.41) is 3.59. The second-order valence-electron chi connectivity index (χ2n) is 10.5. The lowest BCUT2D eigenvalue weighted by Crippen LogP contribution is -2.61. The van der Waals surface area contributed by atoms with Gasteiger partial charge in [0, 0.05) is 49.7 Å². The van der Waals surface area contributed by atoms with Gasteiger partial charge >= 0.3 is 0 Å². The van der Waals surface area contributed by atoms with Gasteiger partial charge in [-0.3, -0.25) is 9.69 Å². The maximum Gasteiger partial charge on any atom is 0.246 e. The molecule has 4 aliphatic rings. The van der Waals surface area contributed by atoms with E-state index in [1.807, 2.05) is 17.2 Å². The maximum absolute atomic E-state index is 11.8. The Labute approximate surface area is 218 Å². The lowest BCUT2D eigenvalue weighted by Gasteiger charge is -2.47. The Kier molecular flexibility index (Phi) is 6.62. The zero-order valence-electron chi connectivity index (χ0n) is 21.2. The predicted octanol–water partition coefficient (Wildman–Crippen LogP) is 4.17. The molecule has 0 aliphatic carbocycles. The van der Waals surface area contributed by atoms with Gasteiger partial charge in [-0.2, -0.15) is 0 Å². The SMILES string of the molecule is C#Cc1cc2c(cc1C1CCN(C3CN(C(=O)C=C)C3)CC1)Nc1nccc(C3CCOCC3)c1CO2. The zero-order valence-corrected chi connectivity index (χ0v) is 21.2. The molecule has 1 aromatic carbocycles. The number of hydrogen-bond acceptors (Lipinski definition) is 6. The topological polar surface area (TPSA) is 66.9 Å². The summed E-state index contributed by atoms with van der Waals surface area (Å²) in [6.07, 6.45) is 13.4.